The van der Waals surface area contributed by atoms with E-state index in [0.29, 0.717) is 16.7 Å². The molecule has 5 rings (SSSR count). The van der Waals surface area contributed by atoms with Gasteiger partial charge in [0.25, 0.3) is 0 Å². The van der Waals surface area contributed by atoms with Crippen LogP contribution in [0, 0.1) is 0 Å². The molecule has 0 saturated heterocycles. The molecule has 0 aromatic carbocycles. The Hall–Kier alpha value is -2.81. The van der Waals surface area contributed by atoms with Crippen molar-refractivity contribution in [1.82, 2.24) is 29.9 Å². The number of hydrogen-bond donors (Lipinski definition) is 0. The maximum atomic E-state index is 6.49. The Morgan fingerprint density at radius 1 is 1.00 bits per heavy atom. The van der Waals surface area contributed by atoms with Crippen LogP contribution in [0.2, 0.25) is 5.15 Å². The topological polar surface area (TPSA) is 77.3 Å². The number of nitrogens with zero attached hydrogens (tertiary/aromatic N) is 6. The van der Waals surface area contributed by atoms with Gasteiger partial charge in [0.15, 0.2) is 5.82 Å². The summed E-state index contributed by atoms with van der Waals surface area (Å²) in [7, 11) is 0. The number of pyridine rings is 1. The molecule has 5 heterocycles. The van der Waals surface area contributed by atoms with Gasteiger partial charge in [0.2, 0.25) is 0 Å². The number of hydrogen-bond acceptors (Lipinski definition) is 8. The van der Waals surface area contributed by atoms with Gasteiger partial charge < -0.3 is 0 Å². The van der Waals surface area contributed by atoms with Gasteiger partial charge in [-0.25, -0.2) is 29.9 Å². The minimum Gasteiger partial charge on any atom is -0.244 e. The molecule has 0 aliphatic rings. The molecule has 0 atom stereocenters. The third kappa shape index (κ3) is 2.97. The highest BCUT2D eigenvalue weighted by Crippen LogP contribution is 2.41. The van der Waals surface area contributed by atoms with Crippen LogP contribution in [0.3, 0.4) is 0 Å². The standard InChI is InChI=1S/C18H9ClN6S2/c19-16-15(27-18(25-16)10-7-20-9-21-8-10)14-11-2-5-26-13(11)6-12(24-14)17-22-3-1-4-23-17/h1-9H. The van der Waals surface area contributed by atoms with Gasteiger partial charge in [-0.15, -0.1) is 22.7 Å². The first kappa shape index (κ1) is 16.4. The number of rotatable bonds is 3. The molecule has 0 bridgehead atoms. The van der Waals surface area contributed by atoms with Crippen LogP contribution in [-0.2, 0) is 0 Å². The highest BCUT2D eigenvalue weighted by atomic mass is 35.5. The summed E-state index contributed by atoms with van der Waals surface area (Å²) in [5, 5.41) is 4.22. The molecule has 5 aromatic rings. The third-order valence-corrected chi connectivity index (χ3v) is 6.21. The molecule has 0 aliphatic carbocycles. The average molecular weight is 409 g/mol. The molecule has 27 heavy (non-hydrogen) atoms. The zero-order valence-electron chi connectivity index (χ0n) is 13.6. The van der Waals surface area contributed by atoms with E-state index in [2.05, 4.69) is 24.9 Å². The summed E-state index contributed by atoms with van der Waals surface area (Å²) in [6.45, 7) is 0. The summed E-state index contributed by atoms with van der Waals surface area (Å²) in [6, 6.07) is 5.82. The fraction of sp³-hybridized carbons (Fsp3) is 0. The quantitative estimate of drug-likeness (QED) is 0.418. The molecule has 0 amide bonds. The molecule has 9 heteroatoms. The SMILES string of the molecule is Clc1nc(-c2cncnc2)sc1-c1nc(-c2ncccn2)cc2sccc12. The van der Waals surface area contributed by atoms with Gasteiger partial charge >= 0.3 is 0 Å². The molecule has 0 radical (unpaired) electrons. The monoisotopic (exact) mass is 408 g/mol. The molecule has 0 fully saturated rings. The zero-order chi connectivity index (χ0) is 18.2. The largest absolute Gasteiger partial charge is 0.244 e. The van der Waals surface area contributed by atoms with E-state index in [1.54, 1.807) is 42.2 Å². The Bertz CT molecular complexity index is 1240. The molecule has 0 N–H and O–H groups in total. The van der Waals surface area contributed by atoms with Crippen molar-refractivity contribution in [2.75, 3.05) is 0 Å². The molecule has 0 saturated carbocycles. The van der Waals surface area contributed by atoms with Crippen molar-refractivity contribution in [3.05, 3.63) is 59.8 Å². The van der Waals surface area contributed by atoms with Crippen LogP contribution in [0.4, 0.5) is 0 Å². The molecule has 5 aromatic heterocycles. The Kier molecular flexibility index (Phi) is 4.08. The lowest BCUT2D eigenvalue weighted by Crippen LogP contribution is -1.92. The number of halogens is 1. The van der Waals surface area contributed by atoms with Gasteiger partial charge in [0, 0.05) is 40.4 Å². The number of aromatic nitrogens is 6. The van der Waals surface area contributed by atoms with Gasteiger partial charge in [-0.3, -0.25) is 0 Å². The van der Waals surface area contributed by atoms with Crippen LogP contribution in [0.25, 0.3) is 42.7 Å². The predicted molar refractivity (Wildman–Crippen MR) is 108 cm³/mol. The van der Waals surface area contributed by atoms with E-state index in [-0.39, 0.29) is 0 Å². The first-order valence-electron chi connectivity index (χ1n) is 7.87. The van der Waals surface area contributed by atoms with E-state index in [4.69, 9.17) is 16.6 Å². The van der Waals surface area contributed by atoms with Gasteiger partial charge in [-0.1, -0.05) is 11.6 Å². The normalized spacial score (nSPS) is 11.1. The summed E-state index contributed by atoms with van der Waals surface area (Å²) in [5.74, 6) is 0.575. The Morgan fingerprint density at radius 2 is 1.81 bits per heavy atom. The number of fused-ring (bicyclic) bond motifs is 1. The van der Waals surface area contributed by atoms with Crippen LogP contribution in [0.5, 0.6) is 0 Å². The van der Waals surface area contributed by atoms with E-state index in [1.165, 1.54) is 17.7 Å². The predicted octanol–water partition coefficient (Wildman–Crippen LogP) is 4.99. The molecule has 0 spiro atoms. The van der Waals surface area contributed by atoms with Crippen molar-refractivity contribution < 1.29 is 0 Å². The Labute approximate surface area is 166 Å². The van der Waals surface area contributed by atoms with E-state index in [1.807, 2.05) is 17.5 Å². The van der Waals surface area contributed by atoms with Gasteiger partial charge in [0.05, 0.1) is 10.6 Å². The lowest BCUT2D eigenvalue weighted by atomic mass is 10.2. The fourth-order valence-corrected chi connectivity index (χ4v) is 4.76. The molecular weight excluding hydrogens is 400 g/mol. The highest BCUT2D eigenvalue weighted by Gasteiger charge is 2.19. The lowest BCUT2D eigenvalue weighted by Gasteiger charge is -2.04. The maximum absolute atomic E-state index is 6.49. The van der Waals surface area contributed by atoms with E-state index >= 15 is 0 Å². The minimum atomic E-state index is 0.407. The van der Waals surface area contributed by atoms with Crippen molar-refractivity contribution >= 4 is 44.4 Å². The maximum Gasteiger partial charge on any atom is 0.178 e. The van der Waals surface area contributed by atoms with Crippen LogP contribution >= 0.6 is 34.3 Å². The van der Waals surface area contributed by atoms with Gasteiger partial charge in [-0.2, -0.15) is 0 Å². The summed E-state index contributed by atoms with van der Waals surface area (Å²) >= 11 is 9.59. The summed E-state index contributed by atoms with van der Waals surface area (Å²) in [6.07, 6.45) is 8.33. The zero-order valence-corrected chi connectivity index (χ0v) is 16.0. The van der Waals surface area contributed by atoms with Crippen molar-refractivity contribution in [3.63, 3.8) is 0 Å². The minimum absolute atomic E-state index is 0.407. The summed E-state index contributed by atoms with van der Waals surface area (Å²) < 4.78 is 1.09. The first-order valence-corrected chi connectivity index (χ1v) is 9.95. The molecule has 6 nitrogen and oxygen atoms in total. The van der Waals surface area contributed by atoms with Crippen molar-refractivity contribution in [2.45, 2.75) is 0 Å². The Balaban J connectivity index is 1.71. The summed E-state index contributed by atoms with van der Waals surface area (Å²) in [5.41, 5.74) is 2.30. The number of thiazole rings is 1. The van der Waals surface area contributed by atoms with E-state index in [9.17, 15) is 0 Å². The van der Waals surface area contributed by atoms with Crippen molar-refractivity contribution in [1.29, 1.82) is 0 Å². The van der Waals surface area contributed by atoms with Crippen molar-refractivity contribution in [3.8, 4) is 32.7 Å². The van der Waals surface area contributed by atoms with Crippen LogP contribution < -0.4 is 0 Å². The molecule has 130 valence electrons. The smallest absolute Gasteiger partial charge is 0.178 e. The van der Waals surface area contributed by atoms with Gasteiger partial charge in [0.1, 0.15) is 22.2 Å². The Morgan fingerprint density at radius 3 is 2.63 bits per heavy atom. The van der Waals surface area contributed by atoms with Crippen LogP contribution in [0.1, 0.15) is 0 Å². The second kappa shape index (κ2) is 6.73. The molecule has 0 aliphatic heterocycles. The van der Waals surface area contributed by atoms with Crippen LogP contribution in [-0.4, -0.2) is 29.9 Å². The van der Waals surface area contributed by atoms with Crippen LogP contribution in [0.15, 0.2) is 54.7 Å². The highest BCUT2D eigenvalue weighted by molar-refractivity contribution is 7.19. The number of thiophene rings is 1. The molecular formula is C18H9ClN6S2. The van der Waals surface area contributed by atoms with E-state index < -0.39 is 0 Å². The van der Waals surface area contributed by atoms with Crippen molar-refractivity contribution in [2.24, 2.45) is 0 Å². The fourth-order valence-electron chi connectivity index (χ4n) is 2.67. The second-order valence-corrected chi connectivity index (χ2v) is 7.83. The second-order valence-electron chi connectivity index (χ2n) is 5.53. The summed E-state index contributed by atoms with van der Waals surface area (Å²) in [4.78, 5) is 26.8. The third-order valence-electron chi connectivity index (χ3n) is 3.85. The molecule has 0 unspecified atom stereocenters. The first-order chi connectivity index (χ1) is 13.3. The average Bonchev–Trinajstić information content (AvgIpc) is 3.35. The lowest BCUT2D eigenvalue weighted by molar-refractivity contribution is 1.15. The van der Waals surface area contributed by atoms with Gasteiger partial charge in [-0.05, 0) is 23.6 Å². The van der Waals surface area contributed by atoms with E-state index in [0.717, 1.165) is 31.2 Å².